The highest BCUT2D eigenvalue weighted by atomic mass is 79.9. The van der Waals surface area contributed by atoms with Gasteiger partial charge < -0.3 is 10.4 Å². The highest BCUT2D eigenvalue weighted by molar-refractivity contribution is 9.10. The number of phenols is 1. The Bertz CT molecular complexity index is 297. The van der Waals surface area contributed by atoms with Gasteiger partial charge in [0.25, 0.3) is 0 Å². The highest BCUT2D eigenvalue weighted by Gasteiger charge is 2.18. The summed E-state index contributed by atoms with van der Waals surface area (Å²) in [5.74, 6) is 0.321. The van der Waals surface area contributed by atoms with Gasteiger partial charge >= 0.3 is 0 Å². The molecule has 2 rings (SSSR count). The summed E-state index contributed by atoms with van der Waals surface area (Å²) >= 11 is 3.25. The van der Waals surface area contributed by atoms with Gasteiger partial charge in [-0.05, 0) is 46.6 Å². The standard InChI is InChI=1S/C9H10BrNO/c10-7-2-1-6(5-9(7)12)8-3-4-11-8/h1-2,5,8,11-12H,3-4H2. The van der Waals surface area contributed by atoms with Crippen LogP contribution in [0.4, 0.5) is 0 Å². The molecule has 1 aliphatic rings. The Morgan fingerprint density at radius 2 is 2.25 bits per heavy atom. The van der Waals surface area contributed by atoms with E-state index in [9.17, 15) is 5.11 Å². The normalized spacial score (nSPS) is 21.9. The monoisotopic (exact) mass is 227 g/mol. The van der Waals surface area contributed by atoms with Crippen LogP contribution in [-0.4, -0.2) is 11.7 Å². The first-order chi connectivity index (χ1) is 5.77. The van der Waals surface area contributed by atoms with Crippen molar-refractivity contribution in [1.29, 1.82) is 0 Å². The molecule has 0 aliphatic carbocycles. The summed E-state index contributed by atoms with van der Waals surface area (Å²) in [6, 6.07) is 6.16. The number of halogens is 1. The molecule has 0 aromatic heterocycles. The van der Waals surface area contributed by atoms with Crippen LogP contribution in [0.3, 0.4) is 0 Å². The molecule has 0 saturated carbocycles. The lowest BCUT2D eigenvalue weighted by Gasteiger charge is -2.28. The summed E-state index contributed by atoms with van der Waals surface area (Å²) in [6.45, 7) is 1.08. The molecule has 1 saturated heterocycles. The maximum atomic E-state index is 9.39. The molecule has 3 heteroatoms. The Morgan fingerprint density at radius 3 is 2.75 bits per heavy atom. The second kappa shape index (κ2) is 3.07. The molecular weight excluding hydrogens is 218 g/mol. The lowest BCUT2D eigenvalue weighted by molar-refractivity contribution is 0.380. The Balaban J connectivity index is 2.27. The van der Waals surface area contributed by atoms with E-state index in [0.29, 0.717) is 11.8 Å². The predicted octanol–water partition coefficient (Wildman–Crippen LogP) is 2.19. The van der Waals surface area contributed by atoms with Gasteiger partial charge in [0.15, 0.2) is 0 Å². The first kappa shape index (κ1) is 8.08. The van der Waals surface area contributed by atoms with Crippen molar-refractivity contribution in [3.05, 3.63) is 28.2 Å². The topological polar surface area (TPSA) is 32.3 Å². The largest absolute Gasteiger partial charge is 0.507 e. The van der Waals surface area contributed by atoms with Gasteiger partial charge in [-0.15, -0.1) is 0 Å². The van der Waals surface area contributed by atoms with Crippen molar-refractivity contribution in [1.82, 2.24) is 5.32 Å². The van der Waals surface area contributed by atoms with Gasteiger partial charge in [-0.2, -0.15) is 0 Å². The molecule has 1 atom stereocenters. The van der Waals surface area contributed by atoms with E-state index >= 15 is 0 Å². The number of nitrogens with one attached hydrogen (secondary N) is 1. The molecule has 1 aromatic rings. The van der Waals surface area contributed by atoms with Crippen molar-refractivity contribution in [3.63, 3.8) is 0 Å². The Labute approximate surface area is 79.7 Å². The van der Waals surface area contributed by atoms with Gasteiger partial charge in [-0.3, -0.25) is 0 Å². The third kappa shape index (κ3) is 1.34. The minimum atomic E-state index is 0.321. The fraction of sp³-hybridized carbons (Fsp3) is 0.333. The summed E-state index contributed by atoms with van der Waals surface area (Å²) < 4.78 is 0.755. The molecular formula is C9H10BrNO. The van der Waals surface area contributed by atoms with Crippen LogP contribution in [-0.2, 0) is 0 Å². The predicted molar refractivity (Wildman–Crippen MR) is 51.2 cm³/mol. The molecule has 0 amide bonds. The summed E-state index contributed by atoms with van der Waals surface area (Å²) in [4.78, 5) is 0. The number of phenolic OH excluding ortho intramolecular Hbond substituents is 1. The van der Waals surface area contributed by atoms with E-state index in [-0.39, 0.29) is 0 Å². The van der Waals surface area contributed by atoms with Crippen LogP contribution >= 0.6 is 15.9 Å². The molecule has 0 bridgehead atoms. The third-order valence-electron chi connectivity index (χ3n) is 2.20. The molecule has 1 heterocycles. The van der Waals surface area contributed by atoms with Crippen LogP contribution in [0.1, 0.15) is 18.0 Å². The zero-order valence-electron chi connectivity index (χ0n) is 6.55. The van der Waals surface area contributed by atoms with Crippen LogP contribution in [0, 0.1) is 0 Å². The maximum Gasteiger partial charge on any atom is 0.130 e. The van der Waals surface area contributed by atoms with E-state index < -0.39 is 0 Å². The van der Waals surface area contributed by atoms with Crippen molar-refractivity contribution >= 4 is 15.9 Å². The van der Waals surface area contributed by atoms with E-state index in [1.54, 1.807) is 6.07 Å². The lowest BCUT2D eigenvalue weighted by Crippen LogP contribution is -2.34. The first-order valence-corrected chi connectivity index (χ1v) is 4.78. The zero-order valence-corrected chi connectivity index (χ0v) is 8.13. The molecule has 0 radical (unpaired) electrons. The highest BCUT2D eigenvalue weighted by Crippen LogP contribution is 2.30. The molecule has 64 valence electrons. The summed E-state index contributed by atoms with van der Waals surface area (Å²) in [6.07, 6.45) is 1.17. The minimum absolute atomic E-state index is 0.321. The summed E-state index contributed by atoms with van der Waals surface area (Å²) in [7, 11) is 0. The van der Waals surface area contributed by atoms with Crippen LogP contribution in [0.2, 0.25) is 0 Å². The van der Waals surface area contributed by atoms with Crippen molar-refractivity contribution in [2.75, 3.05) is 6.54 Å². The van der Waals surface area contributed by atoms with Crippen molar-refractivity contribution in [2.45, 2.75) is 12.5 Å². The quantitative estimate of drug-likeness (QED) is 0.772. The Morgan fingerprint density at radius 1 is 1.50 bits per heavy atom. The fourth-order valence-electron chi connectivity index (χ4n) is 1.32. The van der Waals surface area contributed by atoms with Crippen LogP contribution in [0.5, 0.6) is 5.75 Å². The number of rotatable bonds is 1. The van der Waals surface area contributed by atoms with E-state index in [4.69, 9.17) is 0 Å². The number of benzene rings is 1. The first-order valence-electron chi connectivity index (χ1n) is 3.99. The zero-order chi connectivity index (χ0) is 8.55. The molecule has 1 aromatic carbocycles. The van der Waals surface area contributed by atoms with E-state index in [0.717, 1.165) is 11.0 Å². The average Bonchev–Trinajstić information content (AvgIpc) is 1.93. The van der Waals surface area contributed by atoms with Gasteiger partial charge in [0.2, 0.25) is 0 Å². The van der Waals surface area contributed by atoms with Gasteiger partial charge in [-0.1, -0.05) is 6.07 Å². The number of hydrogen-bond donors (Lipinski definition) is 2. The SMILES string of the molecule is Oc1cc(C2CCN2)ccc1Br. The van der Waals surface area contributed by atoms with Crippen LogP contribution in [0.25, 0.3) is 0 Å². The molecule has 1 unspecified atom stereocenters. The fourth-order valence-corrected chi connectivity index (χ4v) is 1.57. The van der Waals surface area contributed by atoms with Crippen LogP contribution in [0.15, 0.2) is 22.7 Å². The number of aromatic hydroxyl groups is 1. The Kier molecular flexibility index (Phi) is 2.07. The second-order valence-electron chi connectivity index (χ2n) is 3.01. The van der Waals surface area contributed by atoms with E-state index in [2.05, 4.69) is 21.2 Å². The van der Waals surface area contributed by atoms with Crippen molar-refractivity contribution in [3.8, 4) is 5.75 Å². The molecule has 2 N–H and O–H groups in total. The smallest absolute Gasteiger partial charge is 0.130 e. The summed E-state index contributed by atoms with van der Waals surface area (Å²) in [5.41, 5.74) is 1.17. The molecule has 2 nitrogen and oxygen atoms in total. The van der Waals surface area contributed by atoms with Gasteiger partial charge in [0.1, 0.15) is 5.75 Å². The second-order valence-corrected chi connectivity index (χ2v) is 3.86. The molecule has 12 heavy (non-hydrogen) atoms. The Hall–Kier alpha value is -0.540. The lowest BCUT2D eigenvalue weighted by atomic mass is 9.98. The maximum absolute atomic E-state index is 9.39. The summed E-state index contributed by atoms with van der Waals surface area (Å²) in [5, 5.41) is 12.7. The van der Waals surface area contributed by atoms with E-state index in [1.807, 2.05) is 12.1 Å². The molecule has 0 spiro atoms. The van der Waals surface area contributed by atoms with Gasteiger partial charge in [0, 0.05) is 6.04 Å². The molecule has 1 fully saturated rings. The number of hydrogen-bond acceptors (Lipinski definition) is 2. The van der Waals surface area contributed by atoms with E-state index in [1.165, 1.54) is 12.0 Å². The van der Waals surface area contributed by atoms with Crippen LogP contribution < -0.4 is 5.32 Å². The average molecular weight is 228 g/mol. The third-order valence-corrected chi connectivity index (χ3v) is 2.87. The van der Waals surface area contributed by atoms with Gasteiger partial charge in [-0.25, -0.2) is 0 Å². The van der Waals surface area contributed by atoms with Crippen molar-refractivity contribution in [2.24, 2.45) is 0 Å². The minimum Gasteiger partial charge on any atom is -0.507 e. The molecule has 1 aliphatic heterocycles. The van der Waals surface area contributed by atoms with Crippen molar-refractivity contribution < 1.29 is 5.11 Å². The van der Waals surface area contributed by atoms with Gasteiger partial charge in [0.05, 0.1) is 4.47 Å².